The second-order valence-electron chi connectivity index (χ2n) is 8.73. The number of hydrogen-bond acceptors (Lipinski definition) is 5. The second kappa shape index (κ2) is 8.57. The van der Waals surface area contributed by atoms with Crippen LogP contribution in [0.25, 0.3) is 0 Å². The summed E-state index contributed by atoms with van der Waals surface area (Å²) in [4.78, 5) is 18.8. The number of pyridine rings is 1. The summed E-state index contributed by atoms with van der Waals surface area (Å²) in [7, 11) is 0. The first-order valence-electron chi connectivity index (χ1n) is 10.3. The highest BCUT2D eigenvalue weighted by molar-refractivity contribution is 7.99. The number of aliphatic hydroxyl groups is 1. The average molecular weight is 447 g/mol. The molecule has 1 amide bonds. The van der Waals surface area contributed by atoms with E-state index in [2.05, 4.69) is 18.8 Å². The van der Waals surface area contributed by atoms with Gasteiger partial charge in [-0.05, 0) is 50.3 Å². The van der Waals surface area contributed by atoms with Gasteiger partial charge in [0.15, 0.2) is 6.10 Å². The number of anilines is 1. The van der Waals surface area contributed by atoms with Crippen LogP contribution >= 0.6 is 11.8 Å². The van der Waals surface area contributed by atoms with Crippen molar-refractivity contribution in [2.45, 2.75) is 76.0 Å². The fourth-order valence-electron chi connectivity index (χ4n) is 4.04. The first kappa shape index (κ1) is 23.2. The third-order valence-electron chi connectivity index (χ3n) is 6.13. The number of thioether (sulfide) groups is 1. The maximum Gasteiger partial charge on any atom is 0.425 e. The van der Waals surface area contributed by atoms with E-state index in [-0.39, 0.29) is 11.8 Å². The van der Waals surface area contributed by atoms with Crippen LogP contribution in [-0.4, -0.2) is 51.4 Å². The summed E-state index contributed by atoms with van der Waals surface area (Å²) >= 11 is 1.74. The number of alkyl halides is 3. The van der Waals surface area contributed by atoms with Gasteiger partial charge in [-0.3, -0.25) is 4.79 Å². The maximum absolute atomic E-state index is 13.2. The molecule has 1 aromatic heterocycles. The molecule has 1 atom stereocenters. The zero-order valence-electron chi connectivity index (χ0n) is 17.5. The van der Waals surface area contributed by atoms with Gasteiger partial charge >= 0.3 is 6.18 Å². The largest absolute Gasteiger partial charge is 0.465 e. The lowest BCUT2D eigenvalue weighted by molar-refractivity contribution is -0.189. The van der Waals surface area contributed by atoms with Crippen molar-refractivity contribution >= 4 is 23.4 Å². The number of carbonyl (C=O) groups is 1. The molecule has 30 heavy (non-hydrogen) atoms. The van der Waals surface area contributed by atoms with Crippen molar-refractivity contribution in [2.75, 3.05) is 17.2 Å². The van der Waals surface area contributed by atoms with Crippen LogP contribution in [0.2, 0.25) is 0 Å². The number of amides is 1. The average Bonchev–Trinajstić information content (AvgIpc) is 2.99. The van der Waals surface area contributed by atoms with Crippen LogP contribution in [0.3, 0.4) is 0 Å². The maximum atomic E-state index is 13.2. The highest BCUT2D eigenvalue weighted by Crippen LogP contribution is 2.49. The minimum atomic E-state index is -4.46. The van der Waals surface area contributed by atoms with Gasteiger partial charge in [0.2, 0.25) is 11.8 Å². The van der Waals surface area contributed by atoms with Gasteiger partial charge in [0.1, 0.15) is 0 Å². The number of ether oxygens (including phenoxy) is 1. The summed E-state index contributed by atoms with van der Waals surface area (Å²) < 4.78 is 42.7. The van der Waals surface area contributed by atoms with Crippen LogP contribution in [-0.2, 0) is 4.79 Å². The van der Waals surface area contributed by atoms with Crippen LogP contribution < -0.4 is 9.64 Å². The molecule has 5 nitrogen and oxygen atoms in total. The Hall–Kier alpha value is -1.48. The summed E-state index contributed by atoms with van der Waals surface area (Å²) in [5.74, 6) is 0.566. The second-order valence-corrected chi connectivity index (χ2v) is 10.3. The molecule has 1 saturated carbocycles. The zero-order chi connectivity index (χ0) is 22.2. The van der Waals surface area contributed by atoms with Crippen molar-refractivity contribution in [3.8, 4) is 5.88 Å². The third kappa shape index (κ3) is 5.04. The third-order valence-corrected chi connectivity index (χ3v) is 7.50. The van der Waals surface area contributed by atoms with Gasteiger partial charge in [-0.25, -0.2) is 4.98 Å². The number of rotatable bonds is 6. The molecule has 1 aliphatic heterocycles. The Kier molecular flexibility index (Phi) is 6.63. The molecule has 1 aliphatic carbocycles. The Morgan fingerprint density at radius 3 is 2.40 bits per heavy atom. The van der Waals surface area contributed by atoms with Crippen LogP contribution in [0.1, 0.15) is 52.9 Å². The predicted octanol–water partition coefficient (Wildman–Crippen LogP) is 4.58. The first-order valence-corrected chi connectivity index (χ1v) is 11.3. The van der Waals surface area contributed by atoms with Crippen molar-refractivity contribution in [1.82, 2.24) is 4.98 Å². The summed E-state index contributed by atoms with van der Waals surface area (Å²) in [5, 5.41) is 11.3. The van der Waals surface area contributed by atoms with Crippen molar-refractivity contribution in [3.63, 3.8) is 0 Å². The van der Waals surface area contributed by atoms with Gasteiger partial charge in [0.05, 0.1) is 22.9 Å². The summed E-state index contributed by atoms with van der Waals surface area (Å²) in [6, 6.07) is 2.93. The Morgan fingerprint density at radius 1 is 1.20 bits per heavy atom. The van der Waals surface area contributed by atoms with Crippen LogP contribution in [0, 0.1) is 5.41 Å². The lowest BCUT2D eigenvalue weighted by Crippen LogP contribution is -2.44. The standard InChI is InChI=1S/C21H29F3N2O3S/c1-14(2)30-13-20(28)8-6-19(7-9-20)10-11-26(18(19)27)16-4-5-17(25-12-16)29-15(3)21(22,23)24/h4-5,12,14-15,28H,6-11,13H2,1-3H3/t15-,19?,20?/m1/s1. The molecule has 0 aromatic carbocycles. The Labute approximate surface area is 179 Å². The minimum absolute atomic E-state index is 0.0141. The molecule has 0 bridgehead atoms. The molecule has 2 heterocycles. The van der Waals surface area contributed by atoms with E-state index in [0.29, 0.717) is 55.3 Å². The fourth-order valence-corrected chi connectivity index (χ4v) is 4.97. The zero-order valence-corrected chi connectivity index (χ0v) is 18.4. The quantitative estimate of drug-likeness (QED) is 0.693. The van der Waals surface area contributed by atoms with Gasteiger partial charge in [-0.2, -0.15) is 24.9 Å². The molecule has 168 valence electrons. The van der Waals surface area contributed by atoms with Gasteiger partial charge < -0.3 is 14.7 Å². The van der Waals surface area contributed by atoms with Crippen molar-refractivity contribution in [2.24, 2.45) is 5.41 Å². The number of hydrogen-bond donors (Lipinski definition) is 1. The van der Waals surface area contributed by atoms with Gasteiger partial charge in [0, 0.05) is 18.4 Å². The molecule has 3 rings (SSSR count). The van der Waals surface area contributed by atoms with Crippen molar-refractivity contribution in [3.05, 3.63) is 18.3 Å². The van der Waals surface area contributed by atoms with E-state index in [1.807, 2.05) is 0 Å². The van der Waals surface area contributed by atoms with Gasteiger partial charge in [0.25, 0.3) is 0 Å². The molecule has 2 aliphatic rings. The molecular weight excluding hydrogens is 417 g/mol. The van der Waals surface area contributed by atoms with E-state index < -0.39 is 23.3 Å². The number of nitrogens with zero attached hydrogens (tertiary/aromatic N) is 2. The summed E-state index contributed by atoms with van der Waals surface area (Å²) in [5.41, 5.74) is -0.627. The molecular formula is C21H29F3N2O3S. The summed E-state index contributed by atoms with van der Waals surface area (Å²) in [6.45, 7) is 5.67. The topological polar surface area (TPSA) is 62.7 Å². The Bertz CT molecular complexity index is 747. The fraction of sp³-hybridized carbons (Fsp3) is 0.714. The van der Waals surface area contributed by atoms with Crippen LogP contribution in [0.15, 0.2) is 18.3 Å². The van der Waals surface area contributed by atoms with E-state index in [1.165, 1.54) is 12.3 Å². The Balaban J connectivity index is 1.62. The van der Waals surface area contributed by atoms with Gasteiger partial charge in [-0.15, -0.1) is 0 Å². The molecule has 1 N–H and O–H groups in total. The van der Waals surface area contributed by atoms with E-state index in [1.54, 1.807) is 22.7 Å². The molecule has 1 spiro atoms. The lowest BCUT2D eigenvalue weighted by Gasteiger charge is -2.41. The normalized spacial score (nSPS) is 28.4. The first-order chi connectivity index (χ1) is 13.9. The van der Waals surface area contributed by atoms with E-state index in [4.69, 9.17) is 4.74 Å². The SMILES string of the molecule is CC(C)SCC1(O)CCC2(CCN(c3ccc(O[C@H](C)C(F)(F)F)nc3)C2=O)CC1. The predicted molar refractivity (Wildman–Crippen MR) is 111 cm³/mol. The van der Waals surface area contributed by atoms with E-state index >= 15 is 0 Å². The van der Waals surface area contributed by atoms with Crippen LogP contribution in [0.4, 0.5) is 18.9 Å². The number of aromatic nitrogens is 1. The highest BCUT2D eigenvalue weighted by Gasteiger charge is 2.51. The van der Waals surface area contributed by atoms with Crippen LogP contribution in [0.5, 0.6) is 5.88 Å². The smallest absolute Gasteiger partial charge is 0.425 e. The number of halogens is 3. The molecule has 0 radical (unpaired) electrons. The Morgan fingerprint density at radius 2 is 1.87 bits per heavy atom. The summed E-state index contributed by atoms with van der Waals surface area (Å²) in [6.07, 6.45) is -1.82. The lowest BCUT2D eigenvalue weighted by atomic mass is 9.68. The monoisotopic (exact) mass is 446 g/mol. The van der Waals surface area contributed by atoms with E-state index in [9.17, 15) is 23.1 Å². The van der Waals surface area contributed by atoms with Crippen molar-refractivity contribution < 1.29 is 27.8 Å². The van der Waals surface area contributed by atoms with Gasteiger partial charge in [-0.1, -0.05) is 13.8 Å². The molecule has 2 fully saturated rings. The molecule has 9 heteroatoms. The molecule has 1 saturated heterocycles. The van der Waals surface area contributed by atoms with E-state index in [0.717, 1.165) is 6.92 Å². The molecule has 1 aromatic rings. The minimum Gasteiger partial charge on any atom is -0.465 e. The highest BCUT2D eigenvalue weighted by atomic mass is 32.2. The number of carbonyl (C=O) groups excluding carboxylic acids is 1. The van der Waals surface area contributed by atoms with Crippen molar-refractivity contribution in [1.29, 1.82) is 0 Å². The molecule has 0 unspecified atom stereocenters.